The lowest BCUT2D eigenvalue weighted by atomic mass is 9.98. The van der Waals surface area contributed by atoms with E-state index in [1.54, 1.807) is 0 Å². The lowest BCUT2D eigenvalue weighted by Crippen LogP contribution is -2.11. The molecule has 0 spiro atoms. The fourth-order valence-electron chi connectivity index (χ4n) is 7.27. The molecule has 0 saturated carbocycles. The van der Waals surface area contributed by atoms with E-state index in [0.717, 1.165) is 28.3 Å². The number of benzene rings is 8. The zero-order chi connectivity index (χ0) is 33.3. The van der Waals surface area contributed by atoms with Gasteiger partial charge in [0, 0.05) is 33.3 Å². The molecule has 2 nitrogen and oxygen atoms in total. The standard InChI is InChI=1S/C48H34N2/c1-3-15-35(16-4-1)37-27-31-39(32-28-37)49(40-33-29-38(30-34-40)36-17-5-2-6-18-36)45-23-11-7-19-41(45)42-20-8-12-24-46(42)50-47-25-13-9-21-43(47)44-22-10-14-26-48(44)50/h1-34H. The van der Waals surface area contributed by atoms with Crippen LogP contribution in [0.25, 0.3) is 60.9 Å². The van der Waals surface area contributed by atoms with E-state index in [9.17, 15) is 0 Å². The van der Waals surface area contributed by atoms with Gasteiger partial charge in [0.2, 0.25) is 0 Å². The van der Waals surface area contributed by atoms with Gasteiger partial charge in [0.05, 0.1) is 22.4 Å². The molecule has 0 bridgehead atoms. The van der Waals surface area contributed by atoms with E-state index in [0.29, 0.717) is 0 Å². The predicted octanol–water partition coefficient (Wildman–Crippen LogP) is 13.3. The van der Waals surface area contributed by atoms with Gasteiger partial charge in [-0.1, -0.05) is 158 Å². The molecule has 0 radical (unpaired) electrons. The summed E-state index contributed by atoms with van der Waals surface area (Å²) in [6.45, 7) is 0. The summed E-state index contributed by atoms with van der Waals surface area (Å²) in [6.07, 6.45) is 0. The number of hydrogen-bond acceptors (Lipinski definition) is 1. The van der Waals surface area contributed by atoms with Crippen molar-refractivity contribution in [3.63, 3.8) is 0 Å². The molecule has 2 heteroatoms. The van der Waals surface area contributed by atoms with Gasteiger partial charge in [-0.15, -0.1) is 0 Å². The molecule has 0 N–H and O–H groups in total. The van der Waals surface area contributed by atoms with Gasteiger partial charge >= 0.3 is 0 Å². The van der Waals surface area contributed by atoms with Crippen molar-refractivity contribution in [2.24, 2.45) is 0 Å². The number of para-hydroxylation sites is 4. The number of rotatable bonds is 7. The highest BCUT2D eigenvalue weighted by molar-refractivity contribution is 6.10. The summed E-state index contributed by atoms with van der Waals surface area (Å²) < 4.78 is 2.42. The van der Waals surface area contributed by atoms with Crippen LogP contribution in [0.1, 0.15) is 0 Å². The zero-order valence-electron chi connectivity index (χ0n) is 27.5. The van der Waals surface area contributed by atoms with Crippen LogP contribution in [0, 0.1) is 0 Å². The molecule has 0 unspecified atom stereocenters. The third-order valence-electron chi connectivity index (χ3n) is 9.63. The molecule has 0 aliphatic heterocycles. The average molecular weight is 639 g/mol. The summed E-state index contributed by atoms with van der Waals surface area (Å²) in [5.41, 5.74) is 14.0. The zero-order valence-corrected chi connectivity index (χ0v) is 27.5. The van der Waals surface area contributed by atoms with Crippen LogP contribution in [0.5, 0.6) is 0 Å². The number of fused-ring (bicyclic) bond motifs is 3. The molecule has 0 aliphatic rings. The van der Waals surface area contributed by atoms with Crippen molar-refractivity contribution in [3.8, 4) is 39.1 Å². The van der Waals surface area contributed by atoms with Crippen LogP contribution in [-0.4, -0.2) is 4.57 Å². The minimum absolute atomic E-state index is 1.10. The number of hydrogen-bond donors (Lipinski definition) is 0. The van der Waals surface area contributed by atoms with E-state index in [4.69, 9.17) is 0 Å². The molecular weight excluding hydrogens is 605 g/mol. The van der Waals surface area contributed by atoms with Gasteiger partial charge < -0.3 is 9.47 Å². The molecule has 0 amide bonds. The Hall–Kier alpha value is -6.64. The third kappa shape index (κ3) is 5.24. The first kappa shape index (κ1) is 29.5. The van der Waals surface area contributed by atoms with Gasteiger partial charge in [0.15, 0.2) is 0 Å². The quantitative estimate of drug-likeness (QED) is 0.169. The molecule has 1 aromatic heterocycles. The highest BCUT2D eigenvalue weighted by Gasteiger charge is 2.21. The molecular formula is C48H34N2. The SMILES string of the molecule is c1ccc(-c2ccc(N(c3ccc(-c4ccccc4)cc3)c3ccccc3-c3ccccc3-n3c4ccccc4c4ccccc43)cc2)cc1. The smallest absolute Gasteiger partial charge is 0.0541 e. The molecule has 1 heterocycles. The van der Waals surface area contributed by atoms with Gasteiger partial charge in [-0.3, -0.25) is 0 Å². The van der Waals surface area contributed by atoms with E-state index in [-0.39, 0.29) is 0 Å². The maximum absolute atomic E-state index is 2.42. The second-order valence-corrected chi connectivity index (χ2v) is 12.6. The summed E-state index contributed by atoms with van der Waals surface area (Å²) in [5.74, 6) is 0. The van der Waals surface area contributed by atoms with Crippen LogP contribution < -0.4 is 4.90 Å². The monoisotopic (exact) mass is 638 g/mol. The molecule has 50 heavy (non-hydrogen) atoms. The van der Waals surface area contributed by atoms with Gasteiger partial charge in [-0.05, 0) is 70.8 Å². The maximum atomic E-state index is 2.42. The van der Waals surface area contributed by atoms with Crippen LogP contribution in [-0.2, 0) is 0 Å². The van der Waals surface area contributed by atoms with Crippen molar-refractivity contribution < 1.29 is 0 Å². The Kier molecular flexibility index (Phi) is 7.53. The Labute approximate surface area is 292 Å². The maximum Gasteiger partial charge on any atom is 0.0541 e. The van der Waals surface area contributed by atoms with Crippen LogP contribution in [0.3, 0.4) is 0 Å². The lowest BCUT2D eigenvalue weighted by Gasteiger charge is -2.29. The second kappa shape index (κ2) is 12.8. The van der Waals surface area contributed by atoms with Crippen LogP contribution in [0.15, 0.2) is 206 Å². The molecule has 236 valence electrons. The molecule has 8 aromatic carbocycles. The first-order valence-electron chi connectivity index (χ1n) is 17.1. The van der Waals surface area contributed by atoms with Gasteiger partial charge in [0.25, 0.3) is 0 Å². The van der Waals surface area contributed by atoms with Crippen LogP contribution >= 0.6 is 0 Å². The van der Waals surface area contributed by atoms with E-state index in [2.05, 4.69) is 216 Å². The number of nitrogens with zero attached hydrogens (tertiary/aromatic N) is 2. The fraction of sp³-hybridized carbons (Fsp3) is 0. The minimum Gasteiger partial charge on any atom is -0.310 e. The highest BCUT2D eigenvalue weighted by atomic mass is 15.1. The van der Waals surface area contributed by atoms with E-state index >= 15 is 0 Å². The third-order valence-corrected chi connectivity index (χ3v) is 9.63. The predicted molar refractivity (Wildman–Crippen MR) is 212 cm³/mol. The molecule has 0 fully saturated rings. The molecule has 0 atom stereocenters. The Morgan fingerprint density at radius 2 is 0.700 bits per heavy atom. The summed E-state index contributed by atoms with van der Waals surface area (Å²) >= 11 is 0. The Bertz CT molecular complexity index is 2430. The Morgan fingerprint density at radius 1 is 0.300 bits per heavy atom. The van der Waals surface area contributed by atoms with Gasteiger partial charge in [-0.25, -0.2) is 0 Å². The van der Waals surface area contributed by atoms with Crippen molar-refractivity contribution in [2.45, 2.75) is 0 Å². The topological polar surface area (TPSA) is 8.17 Å². The molecule has 9 rings (SSSR count). The second-order valence-electron chi connectivity index (χ2n) is 12.6. The minimum atomic E-state index is 1.10. The van der Waals surface area contributed by atoms with Crippen LogP contribution in [0.2, 0.25) is 0 Å². The highest BCUT2D eigenvalue weighted by Crippen LogP contribution is 2.44. The summed E-state index contributed by atoms with van der Waals surface area (Å²) in [7, 11) is 0. The Balaban J connectivity index is 1.23. The lowest BCUT2D eigenvalue weighted by molar-refractivity contribution is 1.18. The van der Waals surface area contributed by atoms with E-state index in [1.165, 1.54) is 49.6 Å². The summed E-state index contributed by atoms with van der Waals surface area (Å²) in [6, 6.07) is 74.0. The molecule has 0 saturated heterocycles. The fourth-order valence-corrected chi connectivity index (χ4v) is 7.27. The first-order valence-corrected chi connectivity index (χ1v) is 17.1. The van der Waals surface area contributed by atoms with E-state index < -0.39 is 0 Å². The van der Waals surface area contributed by atoms with Crippen LogP contribution in [0.4, 0.5) is 17.1 Å². The summed E-state index contributed by atoms with van der Waals surface area (Å²) in [5, 5.41) is 2.51. The molecule has 9 aromatic rings. The summed E-state index contributed by atoms with van der Waals surface area (Å²) in [4.78, 5) is 2.39. The van der Waals surface area contributed by atoms with Crippen molar-refractivity contribution in [1.29, 1.82) is 0 Å². The van der Waals surface area contributed by atoms with Crippen molar-refractivity contribution >= 4 is 38.9 Å². The normalized spacial score (nSPS) is 11.2. The number of aromatic nitrogens is 1. The van der Waals surface area contributed by atoms with Crippen molar-refractivity contribution in [2.75, 3.05) is 4.90 Å². The largest absolute Gasteiger partial charge is 0.310 e. The Morgan fingerprint density at radius 3 is 1.24 bits per heavy atom. The van der Waals surface area contributed by atoms with Crippen molar-refractivity contribution in [1.82, 2.24) is 4.57 Å². The molecule has 0 aliphatic carbocycles. The van der Waals surface area contributed by atoms with E-state index in [1.807, 2.05) is 0 Å². The first-order chi connectivity index (χ1) is 24.8. The average Bonchev–Trinajstić information content (AvgIpc) is 3.54. The number of anilines is 3. The van der Waals surface area contributed by atoms with Gasteiger partial charge in [-0.2, -0.15) is 0 Å². The van der Waals surface area contributed by atoms with Gasteiger partial charge in [0.1, 0.15) is 0 Å². The van der Waals surface area contributed by atoms with Crippen molar-refractivity contribution in [3.05, 3.63) is 206 Å².